The van der Waals surface area contributed by atoms with Gasteiger partial charge in [0.2, 0.25) is 0 Å². The molecule has 1 N–H and O–H groups in total. The van der Waals surface area contributed by atoms with Crippen molar-refractivity contribution in [1.82, 2.24) is 4.98 Å². The van der Waals surface area contributed by atoms with Crippen LogP contribution in [0.1, 0.15) is 18.9 Å². The Balaban J connectivity index is 2.46. The summed E-state index contributed by atoms with van der Waals surface area (Å²) in [5, 5.41) is 8.63. The van der Waals surface area contributed by atoms with Crippen molar-refractivity contribution >= 4 is 12.0 Å². The lowest BCUT2D eigenvalue weighted by atomic mass is 10.1. The molecule has 14 heavy (non-hydrogen) atoms. The maximum atomic E-state index is 10.5. The summed E-state index contributed by atoms with van der Waals surface area (Å²) in [7, 11) is 0. The molecule has 1 aromatic rings. The predicted octanol–water partition coefficient (Wildman–Crippen LogP) is 2.21. The number of aliphatic carboxylic acids is 1. The smallest absolute Gasteiger partial charge is 0.306 e. The number of aromatic nitrogens is 1. The summed E-state index contributed by atoms with van der Waals surface area (Å²) in [4.78, 5) is 14.4. The van der Waals surface area contributed by atoms with Crippen molar-refractivity contribution in [2.24, 2.45) is 5.92 Å². The number of hydrogen-bond donors (Lipinski definition) is 1. The summed E-state index contributed by atoms with van der Waals surface area (Å²) in [6, 6.07) is 3.77. The van der Waals surface area contributed by atoms with E-state index < -0.39 is 5.97 Å². The van der Waals surface area contributed by atoms with Crippen LogP contribution in [0.3, 0.4) is 0 Å². The van der Waals surface area contributed by atoms with Crippen molar-refractivity contribution in [3.05, 3.63) is 36.2 Å². The average molecular weight is 191 g/mol. The summed E-state index contributed by atoms with van der Waals surface area (Å²) >= 11 is 0. The Bertz CT molecular complexity index is 319. The van der Waals surface area contributed by atoms with Crippen LogP contribution >= 0.6 is 0 Å². The van der Waals surface area contributed by atoms with Crippen molar-refractivity contribution in [1.29, 1.82) is 0 Å². The molecule has 0 radical (unpaired) electrons. The van der Waals surface area contributed by atoms with E-state index in [2.05, 4.69) is 4.98 Å². The van der Waals surface area contributed by atoms with E-state index in [1.807, 2.05) is 24.3 Å². The van der Waals surface area contributed by atoms with Crippen LogP contribution in [0, 0.1) is 5.92 Å². The van der Waals surface area contributed by atoms with Crippen molar-refractivity contribution in [3.63, 3.8) is 0 Å². The van der Waals surface area contributed by atoms with Gasteiger partial charge < -0.3 is 5.11 Å². The highest BCUT2D eigenvalue weighted by molar-refractivity contribution is 5.69. The van der Waals surface area contributed by atoms with Gasteiger partial charge in [0.1, 0.15) is 0 Å². The number of rotatable bonds is 4. The maximum Gasteiger partial charge on any atom is 0.306 e. The van der Waals surface area contributed by atoms with Gasteiger partial charge in [0.05, 0.1) is 5.92 Å². The standard InChI is InChI=1S/C11H13NO2/c1-9(11(13)14)4-2-5-10-6-3-7-12-8-10/h2-3,5-9H,4H2,1H3,(H,13,14)/b5-2-/t9-/m0/s1. The quantitative estimate of drug-likeness (QED) is 0.793. The lowest BCUT2D eigenvalue weighted by Gasteiger charge is -1.99. The number of pyridine rings is 1. The molecule has 0 saturated heterocycles. The second-order valence-corrected chi connectivity index (χ2v) is 3.16. The summed E-state index contributed by atoms with van der Waals surface area (Å²) in [6.07, 6.45) is 7.73. The Morgan fingerprint density at radius 2 is 2.50 bits per heavy atom. The minimum absolute atomic E-state index is 0.331. The lowest BCUT2D eigenvalue weighted by molar-refractivity contribution is -0.140. The van der Waals surface area contributed by atoms with Gasteiger partial charge in [0.15, 0.2) is 0 Å². The van der Waals surface area contributed by atoms with Gasteiger partial charge in [-0.1, -0.05) is 25.1 Å². The third-order valence-corrected chi connectivity index (χ3v) is 1.91. The molecule has 3 nitrogen and oxygen atoms in total. The average Bonchev–Trinajstić information content (AvgIpc) is 2.19. The molecular formula is C11H13NO2. The van der Waals surface area contributed by atoms with E-state index in [-0.39, 0.29) is 5.92 Å². The van der Waals surface area contributed by atoms with Gasteiger partial charge in [-0.15, -0.1) is 0 Å². The second kappa shape index (κ2) is 5.17. The second-order valence-electron chi connectivity index (χ2n) is 3.16. The highest BCUT2D eigenvalue weighted by atomic mass is 16.4. The van der Waals surface area contributed by atoms with E-state index in [9.17, 15) is 4.79 Å². The minimum Gasteiger partial charge on any atom is -0.481 e. The van der Waals surface area contributed by atoms with Crippen molar-refractivity contribution in [2.75, 3.05) is 0 Å². The third kappa shape index (κ3) is 3.39. The normalized spacial score (nSPS) is 12.9. The van der Waals surface area contributed by atoms with E-state index in [1.165, 1.54) is 0 Å². The van der Waals surface area contributed by atoms with Gasteiger partial charge in [0.25, 0.3) is 0 Å². The number of allylic oxidation sites excluding steroid dienone is 1. The fraction of sp³-hybridized carbons (Fsp3) is 0.273. The van der Waals surface area contributed by atoms with E-state index >= 15 is 0 Å². The van der Waals surface area contributed by atoms with Crippen LogP contribution in [0.15, 0.2) is 30.6 Å². The zero-order valence-corrected chi connectivity index (χ0v) is 8.05. The first kappa shape index (κ1) is 10.4. The molecule has 1 rings (SSSR count). The van der Waals surface area contributed by atoms with Crippen LogP contribution in [0.2, 0.25) is 0 Å². The summed E-state index contributed by atoms with van der Waals surface area (Å²) in [5.74, 6) is -1.09. The molecule has 0 saturated carbocycles. The van der Waals surface area contributed by atoms with E-state index in [0.717, 1.165) is 5.56 Å². The highest BCUT2D eigenvalue weighted by Gasteiger charge is 2.07. The SMILES string of the molecule is C[C@@H](C/C=C\c1cccnc1)C(=O)O. The predicted molar refractivity (Wildman–Crippen MR) is 54.7 cm³/mol. The largest absolute Gasteiger partial charge is 0.481 e. The first-order valence-electron chi connectivity index (χ1n) is 4.49. The van der Waals surface area contributed by atoms with Crippen LogP contribution in [0.5, 0.6) is 0 Å². The maximum absolute atomic E-state index is 10.5. The Morgan fingerprint density at radius 3 is 3.07 bits per heavy atom. The lowest BCUT2D eigenvalue weighted by Crippen LogP contribution is -2.07. The van der Waals surface area contributed by atoms with Gasteiger partial charge >= 0.3 is 5.97 Å². The topological polar surface area (TPSA) is 50.2 Å². The Labute approximate surface area is 83.1 Å². The van der Waals surface area contributed by atoms with E-state index in [0.29, 0.717) is 6.42 Å². The van der Waals surface area contributed by atoms with Crippen molar-refractivity contribution < 1.29 is 9.90 Å². The fourth-order valence-corrected chi connectivity index (χ4v) is 0.984. The van der Waals surface area contributed by atoms with Gasteiger partial charge in [-0.3, -0.25) is 9.78 Å². The summed E-state index contributed by atoms with van der Waals surface area (Å²) < 4.78 is 0. The first-order chi connectivity index (χ1) is 6.70. The van der Waals surface area contributed by atoms with Crippen molar-refractivity contribution in [2.45, 2.75) is 13.3 Å². The molecule has 0 aromatic carbocycles. The third-order valence-electron chi connectivity index (χ3n) is 1.91. The fourth-order valence-electron chi connectivity index (χ4n) is 0.984. The zero-order chi connectivity index (χ0) is 10.4. The highest BCUT2D eigenvalue weighted by Crippen LogP contribution is 2.05. The van der Waals surface area contributed by atoms with Gasteiger partial charge in [-0.05, 0) is 18.1 Å². The Hall–Kier alpha value is -1.64. The number of carboxylic acids is 1. The minimum atomic E-state index is -0.763. The number of carboxylic acid groups (broad SMARTS) is 1. The molecule has 0 aliphatic carbocycles. The molecule has 1 aromatic heterocycles. The molecule has 74 valence electrons. The Kier molecular flexibility index (Phi) is 3.85. The molecule has 1 atom stereocenters. The van der Waals surface area contributed by atoms with Crippen LogP contribution in [-0.2, 0) is 4.79 Å². The monoisotopic (exact) mass is 191 g/mol. The molecule has 0 unspecified atom stereocenters. The molecule has 0 aliphatic heterocycles. The summed E-state index contributed by atoms with van der Waals surface area (Å²) in [5.41, 5.74) is 0.991. The number of carbonyl (C=O) groups is 1. The number of nitrogens with zero attached hydrogens (tertiary/aromatic N) is 1. The Morgan fingerprint density at radius 1 is 1.71 bits per heavy atom. The first-order valence-corrected chi connectivity index (χ1v) is 4.49. The van der Waals surface area contributed by atoms with Crippen LogP contribution in [0.4, 0.5) is 0 Å². The molecule has 0 bridgehead atoms. The molecular weight excluding hydrogens is 178 g/mol. The van der Waals surface area contributed by atoms with Gasteiger partial charge in [-0.2, -0.15) is 0 Å². The van der Waals surface area contributed by atoms with Gasteiger partial charge in [-0.25, -0.2) is 0 Å². The van der Waals surface area contributed by atoms with E-state index in [4.69, 9.17) is 5.11 Å². The van der Waals surface area contributed by atoms with Crippen LogP contribution in [-0.4, -0.2) is 16.1 Å². The van der Waals surface area contributed by atoms with Gasteiger partial charge in [0, 0.05) is 12.4 Å². The van der Waals surface area contributed by atoms with Crippen molar-refractivity contribution in [3.8, 4) is 0 Å². The van der Waals surface area contributed by atoms with Crippen LogP contribution in [0.25, 0.3) is 6.08 Å². The van der Waals surface area contributed by atoms with E-state index in [1.54, 1.807) is 19.3 Å². The number of hydrogen-bond acceptors (Lipinski definition) is 2. The molecule has 3 heteroatoms. The molecule has 0 spiro atoms. The molecule has 0 fully saturated rings. The molecule has 1 heterocycles. The summed E-state index contributed by atoms with van der Waals surface area (Å²) in [6.45, 7) is 1.69. The molecule has 0 aliphatic rings. The molecule has 0 amide bonds. The zero-order valence-electron chi connectivity index (χ0n) is 8.05. The van der Waals surface area contributed by atoms with Crippen LogP contribution < -0.4 is 0 Å².